The molecule has 4 nitrogen and oxygen atoms in total. The first-order valence-electron chi connectivity index (χ1n) is 7.25. The monoisotopic (exact) mass is 348 g/mol. The van der Waals surface area contributed by atoms with Crippen molar-refractivity contribution < 1.29 is 13.9 Å². The van der Waals surface area contributed by atoms with Gasteiger partial charge in [-0.3, -0.25) is 4.79 Å². The van der Waals surface area contributed by atoms with E-state index in [9.17, 15) is 9.18 Å². The Kier molecular flexibility index (Phi) is 6.03. The molecule has 22 heavy (non-hydrogen) atoms. The van der Waals surface area contributed by atoms with Gasteiger partial charge in [-0.1, -0.05) is 17.7 Å². The predicted molar refractivity (Wildman–Crippen MR) is 84.9 cm³/mol. The molecule has 0 aliphatic carbocycles. The van der Waals surface area contributed by atoms with Gasteiger partial charge in [0.05, 0.1) is 17.1 Å². The van der Waals surface area contributed by atoms with Gasteiger partial charge in [0.1, 0.15) is 11.9 Å². The number of hydrogen-bond donors (Lipinski definition) is 2. The molecule has 3 atom stereocenters. The number of ether oxygens (including phenoxy) is 1. The van der Waals surface area contributed by atoms with Crippen LogP contribution >= 0.6 is 24.0 Å². The molecular weight excluding hydrogens is 330 g/mol. The molecular formula is C15H19Cl2FN2O2. The van der Waals surface area contributed by atoms with Crippen molar-refractivity contribution in [3.63, 3.8) is 0 Å². The van der Waals surface area contributed by atoms with E-state index in [1.807, 2.05) is 0 Å². The van der Waals surface area contributed by atoms with Crippen LogP contribution in [0.1, 0.15) is 30.9 Å². The molecule has 2 saturated heterocycles. The van der Waals surface area contributed by atoms with E-state index in [2.05, 4.69) is 10.6 Å². The lowest BCUT2D eigenvalue weighted by molar-refractivity contribution is -0.123. The van der Waals surface area contributed by atoms with Crippen molar-refractivity contribution >= 4 is 29.9 Å². The molecule has 0 aromatic heterocycles. The van der Waals surface area contributed by atoms with Gasteiger partial charge in [-0.05, 0) is 43.5 Å². The van der Waals surface area contributed by atoms with Crippen LogP contribution in [-0.4, -0.2) is 31.1 Å². The van der Waals surface area contributed by atoms with E-state index in [1.165, 1.54) is 12.1 Å². The highest BCUT2D eigenvalue weighted by atomic mass is 35.5. The molecule has 2 aliphatic rings. The maximum absolute atomic E-state index is 13.6. The van der Waals surface area contributed by atoms with Crippen molar-refractivity contribution in [2.24, 2.45) is 0 Å². The average molecular weight is 349 g/mol. The van der Waals surface area contributed by atoms with Crippen molar-refractivity contribution in [2.45, 2.75) is 37.5 Å². The van der Waals surface area contributed by atoms with Crippen LogP contribution < -0.4 is 10.6 Å². The fourth-order valence-electron chi connectivity index (χ4n) is 2.95. The summed E-state index contributed by atoms with van der Waals surface area (Å²) >= 11 is 5.70. The van der Waals surface area contributed by atoms with E-state index in [0.717, 1.165) is 25.8 Å². The molecule has 2 fully saturated rings. The van der Waals surface area contributed by atoms with E-state index in [0.29, 0.717) is 12.2 Å². The van der Waals surface area contributed by atoms with Crippen molar-refractivity contribution in [3.8, 4) is 0 Å². The maximum atomic E-state index is 13.6. The smallest absolute Gasteiger partial charge is 0.237 e. The van der Waals surface area contributed by atoms with Crippen LogP contribution in [0.15, 0.2) is 18.2 Å². The molecule has 0 spiro atoms. The fraction of sp³-hybridized carbons (Fsp3) is 0.533. The number of carbonyl (C=O) groups excluding carboxylic acids is 1. The minimum atomic E-state index is -0.466. The Morgan fingerprint density at radius 3 is 2.91 bits per heavy atom. The minimum Gasteiger partial charge on any atom is -0.371 e. The summed E-state index contributed by atoms with van der Waals surface area (Å²) in [6, 6.07) is 4.40. The van der Waals surface area contributed by atoms with E-state index in [4.69, 9.17) is 16.3 Å². The van der Waals surface area contributed by atoms with E-state index >= 15 is 0 Å². The summed E-state index contributed by atoms with van der Waals surface area (Å²) < 4.78 is 19.2. The van der Waals surface area contributed by atoms with Gasteiger partial charge in [0.2, 0.25) is 5.91 Å². The molecule has 1 amide bonds. The fourth-order valence-corrected chi connectivity index (χ4v) is 3.06. The third-order valence-corrected chi connectivity index (χ3v) is 4.37. The van der Waals surface area contributed by atoms with Crippen molar-refractivity contribution in [2.75, 3.05) is 13.2 Å². The SMILES string of the molecule is Cl.O=C(NC1CCOC1c1ccc(Cl)c(F)c1)C1CCCN1. The van der Waals surface area contributed by atoms with E-state index in [-0.39, 0.29) is 41.5 Å². The number of benzene rings is 1. The van der Waals surface area contributed by atoms with E-state index < -0.39 is 5.82 Å². The molecule has 3 unspecified atom stereocenters. The Hall–Kier alpha value is -0.880. The lowest BCUT2D eigenvalue weighted by Gasteiger charge is -2.22. The summed E-state index contributed by atoms with van der Waals surface area (Å²) in [6.45, 7) is 1.43. The number of hydrogen-bond acceptors (Lipinski definition) is 3. The van der Waals surface area contributed by atoms with E-state index in [1.54, 1.807) is 6.07 Å². The Bertz CT molecular complexity index is 538. The minimum absolute atomic E-state index is 0. The van der Waals surface area contributed by atoms with Gasteiger partial charge in [0.25, 0.3) is 0 Å². The van der Waals surface area contributed by atoms with Crippen LogP contribution in [-0.2, 0) is 9.53 Å². The number of nitrogens with one attached hydrogen (secondary N) is 2. The Balaban J connectivity index is 0.00000176. The zero-order valence-corrected chi connectivity index (χ0v) is 13.6. The van der Waals surface area contributed by atoms with Crippen LogP contribution in [0.2, 0.25) is 5.02 Å². The second-order valence-electron chi connectivity index (χ2n) is 5.52. The van der Waals surface area contributed by atoms with Crippen molar-refractivity contribution in [1.29, 1.82) is 0 Å². The lowest BCUT2D eigenvalue weighted by Crippen LogP contribution is -2.46. The van der Waals surface area contributed by atoms with Gasteiger partial charge in [0, 0.05) is 6.61 Å². The van der Waals surface area contributed by atoms with Crippen LogP contribution in [0.5, 0.6) is 0 Å². The first-order chi connectivity index (χ1) is 10.1. The molecule has 0 bridgehead atoms. The Labute approximate surface area is 140 Å². The summed E-state index contributed by atoms with van der Waals surface area (Å²) in [5, 5.41) is 6.28. The molecule has 7 heteroatoms. The zero-order chi connectivity index (χ0) is 14.8. The summed E-state index contributed by atoms with van der Waals surface area (Å²) in [7, 11) is 0. The van der Waals surface area contributed by atoms with Crippen molar-refractivity contribution in [3.05, 3.63) is 34.6 Å². The summed E-state index contributed by atoms with van der Waals surface area (Å²) in [4.78, 5) is 12.2. The third kappa shape index (κ3) is 3.71. The first kappa shape index (κ1) is 17.5. The number of halogens is 3. The molecule has 3 rings (SSSR count). The van der Waals surface area contributed by atoms with Crippen LogP contribution in [0.3, 0.4) is 0 Å². The standard InChI is InChI=1S/C15H18ClFN2O2.ClH/c16-10-4-3-9(8-11(10)17)14-12(5-7-21-14)19-15(20)13-2-1-6-18-13;/h3-4,8,12-14,18H,1-2,5-7H2,(H,19,20);1H. The Morgan fingerprint density at radius 2 is 2.23 bits per heavy atom. The van der Waals surface area contributed by atoms with Crippen LogP contribution in [0.25, 0.3) is 0 Å². The number of amides is 1. The molecule has 122 valence electrons. The van der Waals surface area contributed by atoms with Gasteiger partial charge >= 0.3 is 0 Å². The molecule has 0 radical (unpaired) electrons. The highest BCUT2D eigenvalue weighted by Gasteiger charge is 2.33. The normalized spacial score (nSPS) is 27.5. The van der Waals surface area contributed by atoms with Gasteiger partial charge < -0.3 is 15.4 Å². The maximum Gasteiger partial charge on any atom is 0.237 e. The topological polar surface area (TPSA) is 50.4 Å². The van der Waals surface area contributed by atoms with Crippen LogP contribution in [0, 0.1) is 5.82 Å². The number of carbonyl (C=O) groups is 1. The summed E-state index contributed by atoms with van der Waals surface area (Å²) in [5.74, 6) is -0.463. The van der Waals surface area contributed by atoms with Gasteiger partial charge in [0.15, 0.2) is 0 Å². The molecule has 2 heterocycles. The van der Waals surface area contributed by atoms with Gasteiger partial charge in [-0.25, -0.2) is 4.39 Å². The van der Waals surface area contributed by atoms with Crippen LogP contribution in [0.4, 0.5) is 4.39 Å². The van der Waals surface area contributed by atoms with Gasteiger partial charge in [-0.2, -0.15) is 0 Å². The molecule has 2 aliphatic heterocycles. The largest absolute Gasteiger partial charge is 0.371 e. The zero-order valence-electron chi connectivity index (χ0n) is 12.0. The van der Waals surface area contributed by atoms with Crippen molar-refractivity contribution in [1.82, 2.24) is 10.6 Å². The third-order valence-electron chi connectivity index (χ3n) is 4.07. The predicted octanol–water partition coefficient (Wildman–Crippen LogP) is 2.60. The Morgan fingerprint density at radius 1 is 1.41 bits per heavy atom. The van der Waals surface area contributed by atoms with Gasteiger partial charge in [-0.15, -0.1) is 12.4 Å². The first-order valence-corrected chi connectivity index (χ1v) is 7.63. The second-order valence-corrected chi connectivity index (χ2v) is 5.92. The molecule has 1 aromatic rings. The molecule has 2 N–H and O–H groups in total. The average Bonchev–Trinajstić information content (AvgIpc) is 3.13. The lowest BCUT2D eigenvalue weighted by atomic mass is 10.0. The second kappa shape index (κ2) is 7.59. The summed E-state index contributed by atoms with van der Waals surface area (Å²) in [5.41, 5.74) is 0.707. The number of rotatable bonds is 3. The molecule has 1 aromatic carbocycles. The summed E-state index contributed by atoms with van der Waals surface area (Å²) in [6.07, 6.45) is 2.29. The highest BCUT2D eigenvalue weighted by molar-refractivity contribution is 6.30. The highest BCUT2D eigenvalue weighted by Crippen LogP contribution is 2.31. The molecule has 0 saturated carbocycles. The quantitative estimate of drug-likeness (QED) is 0.882.